The Balaban J connectivity index is 1.13. The van der Waals surface area contributed by atoms with E-state index in [1.807, 2.05) is 0 Å². The van der Waals surface area contributed by atoms with E-state index >= 15 is 0 Å². The van der Waals surface area contributed by atoms with Crippen LogP contribution >= 0.6 is 0 Å². The van der Waals surface area contributed by atoms with Gasteiger partial charge >= 0.3 is 5.97 Å². The molecule has 4 saturated carbocycles. The Morgan fingerprint density at radius 2 is 1.71 bits per heavy atom. The standard InChI is InChI=1S/C34H52N2O2/c1-22(21-38-32(37)24-18-26(35)20-27(36)19-24)8-7-9-23(2)29-13-14-30-28-12-11-25-10-5-6-16-33(25,3)31(28)15-17-34(29,30)4/h18-21,23,25,28-31H,5-17,35-36H2,1-4H3/t23-,25?,28+,29-,30+,31+,33+,34-/m1/s1. The van der Waals surface area contributed by atoms with Gasteiger partial charge in [-0.25, -0.2) is 4.79 Å². The molecule has 1 aromatic rings. The minimum atomic E-state index is -0.409. The molecule has 0 aliphatic heterocycles. The average Bonchev–Trinajstić information content (AvgIpc) is 3.23. The minimum absolute atomic E-state index is 0.393. The van der Waals surface area contributed by atoms with E-state index in [-0.39, 0.29) is 0 Å². The molecule has 0 bridgehead atoms. The van der Waals surface area contributed by atoms with E-state index in [4.69, 9.17) is 16.2 Å². The second-order valence-electron chi connectivity index (χ2n) is 14.3. The molecular weight excluding hydrogens is 468 g/mol. The number of allylic oxidation sites excluding steroid dienone is 1. The normalized spacial score (nSPS) is 37.6. The van der Waals surface area contributed by atoms with Gasteiger partial charge in [-0.05, 0) is 141 Å². The highest BCUT2D eigenvalue weighted by atomic mass is 16.5. The number of rotatable bonds is 7. The molecule has 4 heteroatoms. The summed E-state index contributed by atoms with van der Waals surface area (Å²) in [6.45, 7) is 9.96. The SMILES string of the molecule is CC(=COC(=O)c1cc(N)cc(N)c1)CCC[C@@H](C)[C@H]1CC[C@H]2[C@@H]3CCC4CCCC[C@]4(C)[C@H]3CC[C@]12C. The van der Waals surface area contributed by atoms with Gasteiger partial charge in [0.1, 0.15) is 0 Å². The molecule has 38 heavy (non-hydrogen) atoms. The number of hydrogen-bond donors (Lipinski definition) is 2. The number of nitrogen functional groups attached to an aromatic ring is 2. The molecule has 0 spiro atoms. The number of carbonyl (C=O) groups is 1. The van der Waals surface area contributed by atoms with E-state index in [2.05, 4.69) is 27.7 Å². The lowest BCUT2D eigenvalue weighted by Gasteiger charge is -2.61. The van der Waals surface area contributed by atoms with Crippen LogP contribution in [0.4, 0.5) is 11.4 Å². The van der Waals surface area contributed by atoms with E-state index < -0.39 is 5.97 Å². The first-order chi connectivity index (χ1) is 18.1. The van der Waals surface area contributed by atoms with Crippen LogP contribution in [0.25, 0.3) is 0 Å². The van der Waals surface area contributed by atoms with Crippen molar-refractivity contribution in [1.29, 1.82) is 0 Å². The van der Waals surface area contributed by atoms with Gasteiger partial charge in [0.25, 0.3) is 0 Å². The number of anilines is 2. The molecule has 8 atom stereocenters. The van der Waals surface area contributed by atoms with Crippen LogP contribution in [-0.2, 0) is 4.74 Å². The molecule has 1 aromatic carbocycles. The van der Waals surface area contributed by atoms with Crippen molar-refractivity contribution in [3.63, 3.8) is 0 Å². The Bertz CT molecular complexity index is 1030. The first kappa shape index (κ1) is 27.6. The fourth-order valence-corrected chi connectivity index (χ4v) is 10.3. The highest BCUT2D eigenvalue weighted by Gasteiger charge is 2.60. The number of esters is 1. The molecule has 4 aliphatic rings. The fourth-order valence-electron chi connectivity index (χ4n) is 10.3. The molecule has 0 aromatic heterocycles. The third-order valence-electron chi connectivity index (χ3n) is 12.2. The van der Waals surface area contributed by atoms with Gasteiger partial charge in [-0.15, -0.1) is 0 Å². The Morgan fingerprint density at radius 3 is 2.47 bits per heavy atom. The van der Waals surface area contributed by atoms with Crippen LogP contribution in [0.15, 0.2) is 30.0 Å². The van der Waals surface area contributed by atoms with E-state index in [9.17, 15) is 4.79 Å². The number of carbonyl (C=O) groups excluding carboxylic acids is 1. The molecule has 210 valence electrons. The van der Waals surface area contributed by atoms with Crippen molar-refractivity contribution in [1.82, 2.24) is 0 Å². The summed E-state index contributed by atoms with van der Waals surface area (Å²) in [4.78, 5) is 12.4. The van der Waals surface area contributed by atoms with Crippen molar-refractivity contribution in [2.24, 2.45) is 46.3 Å². The first-order valence-electron chi connectivity index (χ1n) is 15.6. The average molecular weight is 521 g/mol. The summed E-state index contributed by atoms with van der Waals surface area (Å²) < 4.78 is 5.43. The number of benzene rings is 1. The van der Waals surface area contributed by atoms with Gasteiger partial charge in [0.2, 0.25) is 0 Å². The predicted octanol–water partition coefficient (Wildman–Crippen LogP) is 8.77. The summed E-state index contributed by atoms with van der Waals surface area (Å²) in [6, 6.07) is 4.85. The zero-order valence-electron chi connectivity index (χ0n) is 24.4. The van der Waals surface area contributed by atoms with Crippen molar-refractivity contribution in [2.45, 2.75) is 111 Å². The van der Waals surface area contributed by atoms with Crippen LogP contribution in [0.2, 0.25) is 0 Å². The first-order valence-corrected chi connectivity index (χ1v) is 15.6. The summed E-state index contributed by atoms with van der Waals surface area (Å²) in [7, 11) is 0. The summed E-state index contributed by atoms with van der Waals surface area (Å²) >= 11 is 0. The summed E-state index contributed by atoms with van der Waals surface area (Å²) in [5.74, 6) is 5.16. The molecule has 0 heterocycles. The van der Waals surface area contributed by atoms with Crippen LogP contribution in [0.3, 0.4) is 0 Å². The van der Waals surface area contributed by atoms with Crippen molar-refractivity contribution >= 4 is 17.3 Å². The number of hydrogen-bond acceptors (Lipinski definition) is 4. The third-order valence-corrected chi connectivity index (χ3v) is 12.2. The summed E-state index contributed by atoms with van der Waals surface area (Å²) in [6.07, 6.45) is 19.8. The molecule has 0 amide bonds. The van der Waals surface area contributed by atoms with E-state index in [0.717, 1.165) is 53.9 Å². The molecular formula is C34H52N2O2. The summed E-state index contributed by atoms with van der Waals surface area (Å²) in [5, 5.41) is 0. The van der Waals surface area contributed by atoms with Gasteiger partial charge in [-0.2, -0.15) is 0 Å². The smallest absolute Gasteiger partial charge is 0.343 e. The second kappa shape index (κ2) is 10.9. The predicted molar refractivity (Wildman–Crippen MR) is 157 cm³/mol. The molecule has 4 fully saturated rings. The van der Waals surface area contributed by atoms with Gasteiger partial charge < -0.3 is 16.2 Å². The second-order valence-corrected chi connectivity index (χ2v) is 14.3. The maximum Gasteiger partial charge on any atom is 0.343 e. The topological polar surface area (TPSA) is 78.3 Å². The van der Waals surface area contributed by atoms with Crippen LogP contribution in [0.5, 0.6) is 0 Å². The highest BCUT2D eigenvalue weighted by molar-refractivity contribution is 5.92. The lowest BCUT2D eigenvalue weighted by atomic mass is 9.44. The molecule has 4 nitrogen and oxygen atoms in total. The molecule has 1 unspecified atom stereocenters. The monoisotopic (exact) mass is 520 g/mol. The van der Waals surface area contributed by atoms with Gasteiger partial charge in [0.05, 0.1) is 11.8 Å². The quantitative estimate of drug-likeness (QED) is 0.214. The Hall–Kier alpha value is -1.97. The van der Waals surface area contributed by atoms with Crippen molar-refractivity contribution < 1.29 is 9.53 Å². The molecule has 4 aliphatic carbocycles. The lowest BCUT2D eigenvalue weighted by Crippen LogP contribution is -2.53. The van der Waals surface area contributed by atoms with E-state index in [0.29, 0.717) is 27.8 Å². The van der Waals surface area contributed by atoms with Crippen LogP contribution < -0.4 is 11.5 Å². The van der Waals surface area contributed by atoms with Crippen molar-refractivity contribution in [2.75, 3.05) is 11.5 Å². The maximum atomic E-state index is 12.4. The van der Waals surface area contributed by atoms with Crippen LogP contribution in [0.1, 0.15) is 122 Å². The van der Waals surface area contributed by atoms with Crippen LogP contribution in [-0.4, -0.2) is 5.97 Å². The van der Waals surface area contributed by atoms with Crippen molar-refractivity contribution in [3.8, 4) is 0 Å². The number of ether oxygens (including phenoxy) is 1. The van der Waals surface area contributed by atoms with Crippen molar-refractivity contribution in [3.05, 3.63) is 35.6 Å². The highest BCUT2D eigenvalue weighted by Crippen LogP contribution is 2.68. The minimum Gasteiger partial charge on any atom is -0.431 e. The molecule has 5 rings (SSSR count). The van der Waals surface area contributed by atoms with E-state index in [1.165, 1.54) is 70.6 Å². The van der Waals surface area contributed by atoms with Gasteiger partial charge in [0, 0.05) is 11.4 Å². The van der Waals surface area contributed by atoms with E-state index in [1.54, 1.807) is 24.5 Å². The Labute approximate surface area is 231 Å². The Kier molecular flexibility index (Phi) is 7.91. The van der Waals surface area contributed by atoms with Crippen LogP contribution in [0, 0.1) is 46.3 Å². The fraction of sp³-hybridized carbons (Fsp3) is 0.735. The van der Waals surface area contributed by atoms with Gasteiger partial charge in [0.15, 0.2) is 0 Å². The maximum absolute atomic E-state index is 12.4. The van der Waals surface area contributed by atoms with Gasteiger partial charge in [-0.3, -0.25) is 0 Å². The zero-order valence-corrected chi connectivity index (χ0v) is 24.4. The molecule has 4 N–H and O–H groups in total. The number of nitrogens with two attached hydrogens (primary N) is 2. The Morgan fingerprint density at radius 1 is 0.974 bits per heavy atom. The molecule has 0 radical (unpaired) electrons. The van der Waals surface area contributed by atoms with Gasteiger partial charge in [-0.1, -0.05) is 40.0 Å². The number of fused-ring (bicyclic) bond motifs is 5. The third kappa shape index (κ3) is 5.13. The molecule has 0 saturated heterocycles. The zero-order chi connectivity index (χ0) is 27.1. The lowest BCUT2D eigenvalue weighted by molar-refractivity contribution is -0.114. The summed E-state index contributed by atoms with van der Waals surface area (Å²) in [5.41, 5.74) is 15.2. The largest absolute Gasteiger partial charge is 0.431 e.